The first-order valence-corrected chi connectivity index (χ1v) is 18.2. The molecule has 8 aliphatic heterocycles. The van der Waals surface area contributed by atoms with Gasteiger partial charge in [-0.15, -0.1) is 0 Å². The van der Waals surface area contributed by atoms with Crippen LogP contribution in [0, 0.1) is 41.4 Å². The predicted octanol–water partition coefficient (Wildman–Crippen LogP) is 7.24. The third-order valence-corrected chi connectivity index (χ3v) is 13.6. The molecule has 2 spiro atoms. The Labute approximate surface area is 286 Å². The van der Waals surface area contributed by atoms with Gasteiger partial charge in [0.15, 0.2) is 23.3 Å². The Morgan fingerprint density at radius 3 is 2.02 bits per heavy atom. The molecule has 0 aromatic carbocycles. The summed E-state index contributed by atoms with van der Waals surface area (Å²) in [5, 5.41) is 0. The van der Waals surface area contributed by atoms with E-state index in [0.29, 0.717) is 25.2 Å². The summed E-state index contributed by atoms with van der Waals surface area (Å²) in [6.45, 7) is 12.1. The lowest BCUT2D eigenvalue weighted by molar-refractivity contribution is -0.585. The second kappa shape index (κ2) is 11.9. The minimum Gasteiger partial charge on any atom is -0.456 e. The summed E-state index contributed by atoms with van der Waals surface area (Å²) in [5.74, 6) is -3.68. The smallest absolute Gasteiger partial charge is 0.449 e. The average molecular weight is 701 g/mol. The van der Waals surface area contributed by atoms with Crippen LogP contribution in [0.15, 0.2) is 23.5 Å². The van der Waals surface area contributed by atoms with Crippen LogP contribution in [-0.4, -0.2) is 67.1 Å². The summed E-state index contributed by atoms with van der Waals surface area (Å²) in [6, 6.07) is 0. The van der Waals surface area contributed by atoms with Crippen molar-refractivity contribution in [1.82, 2.24) is 0 Å². The summed E-state index contributed by atoms with van der Waals surface area (Å²) in [7, 11) is 0. The topological polar surface area (TPSA) is 92.3 Å². The van der Waals surface area contributed by atoms with Crippen molar-refractivity contribution in [3.05, 3.63) is 23.5 Å². The van der Waals surface area contributed by atoms with Crippen LogP contribution in [0.4, 0.5) is 13.2 Å². The number of ether oxygens (including phenoxy) is 6. The molecule has 10 aliphatic rings. The molecule has 8 heterocycles. The molecule has 0 aromatic heterocycles. The number of fused-ring (bicyclic) bond motifs is 4. The zero-order valence-electron chi connectivity index (χ0n) is 29.3. The quantitative estimate of drug-likeness (QED) is 0.154. The molecule has 9 fully saturated rings. The van der Waals surface area contributed by atoms with Gasteiger partial charge in [-0.1, -0.05) is 32.9 Å². The number of rotatable bonds is 7. The third kappa shape index (κ3) is 5.30. The number of halogens is 3. The van der Waals surface area contributed by atoms with Gasteiger partial charge in [-0.05, 0) is 77.0 Å². The highest BCUT2D eigenvalue weighted by atomic mass is 19.4. The SMILES string of the molecule is C[C@@H]1CC[C@H]2C(COC/C=C/CO[C@@]3(C)O[C@@H]4O[C@]5(C)CCC6[C@H](C)CC[C@@H]([C@H]3C)[C@]64OO5)=C(C(F)(F)F)O[C@@H]3O[C@]4(C)CCC1[C@]32OO4. The van der Waals surface area contributed by atoms with Crippen molar-refractivity contribution in [2.75, 3.05) is 19.8 Å². The van der Waals surface area contributed by atoms with Gasteiger partial charge in [-0.25, -0.2) is 19.6 Å². The Kier molecular flexibility index (Phi) is 8.42. The molecule has 2 saturated carbocycles. The van der Waals surface area contributed by atoms with Crippen molar-refractivity contribution in [2.24, 2.45) is 41.4 Å². The van der Waals surface area contributed by atoms with Gasteiger partial charge in [0, 0.05) is 42.1 Å². The van der Waals surface area contributed by atoms with Crippen molar-refractivity contribution in [3.8, 4) is 0 Å². The summed E-state index contributed by atoms with van der Waals surface area (Å²) < 4.78 is 80.5. The molecular weight excluding hydrogens is 649 g/mol. The summed E-state index contributed by atoms with van der Waals surface area (Å²) in [4.78, 5) is 24.0. The van der Waals surface area contributed by atoms with E-state index in [0.717, 1.165) is 32.1 Å². The van der Waals surface area contributed by atoms with Gasteiger partial charge < -0.3 is 28.4 Å². The summed E-state index contributed by atoms with van der Waals surface area (Å²) in [5.41, 5.74) is -1.80. The number of hydrogen-bond acceptors (Lipinski definition) is 10. The first kappa shape index (κ1) is 34.8. The van der Waals surface area contributed by atoms with E-state index in [1.165, 1.54) is 0 Å². The summed E-state index contributed by atoms with van der Waals surface area (Å²) in [6.07, 6.45) is 3.21. The molecule has 0 aromatic rings. The van der Waals surface area contributed by atoms with E-state index in [9.17, 15) is 13.2 Å². The first-order chi connectivity index (χ1) is 23.1. The number of allylic oxidation sites excluding steroid dienone is 1. The van der Waals surface area contributed by atoms with Crippen LogP contribution in [0.25, 0.3) is 0 Å². The average Bonchev–Trinajstić information content (AvgIpc) is 3.41. The maximum Gasteiger partial charge on any atom is 0.449 e. The monoisotopic (exact) mass is 700 g/mol. The molecule has 10 rings (SSSR count). The Balaban J connectivity index is 0.934. The lowest BCUT2D eigenvalue weighted by Crippen LogP contribution is -2.72. The fourth-order valence-electron chi connectivity index (χ4n) is 10.7. The lowest BCUT2D eigenvalue weighted by Gasteiger charge is -2.62. The highest BCUT2D eigenvalue weighted by Gasteiger charge is 2.72. The van der Waals surface area contributed by atoms with Crippen molar-refractivity contribution >= 4 is 0 Å². The Morgan fingerprint density at radius 1 is 0.714 bits per heavy atom. The van der Waals surface area contributed by atoms with Gasteiger partial charge in [-0.2, -0.15) is 13.2 Å². The van der Waals surface area contributed by atoms with Crippen LogP contribution >= 0.6 is 0 Å². The van der Waals surface area contributed by atoms with Crippen molar-refractivity contribution < 1.29 is 61.1 Å². The van der Waals surface area contributed by atoms with Gasteiger partial charge >= 0.3 is 6.18 Å². The fraction of sp³-hybridized carbons (Fsp3) is 0.889. The normalized spacial score (nSPS) is 52.0. The van der Waals surface area contributed by atoms with Crippen LogP contribution in [0.3, 0.4) is 0 Å². The second-order valence-electron chi connectivity index (χ2n) is 16.5. The van der Waals surface area contributed by atoms with Crippen molar-refractivity contribution in [3.63, 3.8) is 0 Å². The van der Waals surface area contributed by atoms with Crippen LogP contribution < -0.4 is 0 Å². The van der Waals surface area contributed by atoms with Gasteiger partial charge in [0.2, 0.25) is 23.6 Å². The van der Waals surface area contributed by atoms with Gasteiger partial charge in [0.1, 0.15) is 0 Å². The first-order valence-electron chi connectivity index (χ1n) is 18.2. The molecule has 4 bridgehead atoms. The van der Waals surface area contributed by atoms with Crippen LogP contribution in [0.1, 0.15) is 92.9 Å². The molecule has 7 saturated heterocycles. The van der Waals surface area contributed by atoms with E-state index >= 15 is 0 Å². The van der Waals surface area contributed by atoms with E-state index in [1.807, 2.05) is 13.8 Å². The molecule has 2 aliphatic carbocycles. The lowest BCUT2D eigenvalue weighted by atomic mass is 9.57. The van der Waals surface area contributed by atoms with E-state index in [4.69, 9.17) is 48.0 Å². The third-order valence-electron chi connectivity index (χ3n) is 13.6. The fourth-order valence-corrected chi connectivity index (χ4v) is 10.7. The molecular formula is C36H51F3O10. The van der Waals surface area contributed by atoms with Gasteiger partial charge in [0.25, 0.3) is 0 Å². The second-order valence-corrected chi connectivity index (χ2v) is 16.5. The van der Waals surface area contributed by atoms with Gasteiger partial charge in [-0.3, -0.25) is 0 Å². The zero-order valence-corrected chi connectivity index (χ0v) is 29.3. The molecule has 0 radical (unpaired) electrons. The Hall–Kier alpha value is -1.29. The van der Waals surface area contributed by atoms with E-state index in [-0.39, 0.29) is 55.0 Å². The van der Waals surface area contributed by atoms with Crippen LogP contribution in [0.2, 0.25) is 0 Å². The van der Waals surface area contributed by atoms with Gasteiger partial charge in [0.05, 0.1) is 19.8 Å². The predicted molar refractivity (Wildman–Crippen MR) is 164 cm³/mol. The Bertz CT molecular complexity index is 1360. The highest BCUT2D eigenvalue weighted by Crippen LogP contribution is 2.63. The highest BCUT2D eigenvalue weighted by molar-refractivity contribution is 5.28. The standard InChI is InChI=1S/C36H51F3O10/c1-20-9-11-26-22(3)33(6,45-30-34(26)24(20)13-16-32(5,44-30)47-48-34)41-18-8-7-17-40-19-23-27-12-10-21(2)25-14-15-31(4)43-29(35(25,27)49-46-31)42-28(23)36(37,38)39/h7-8,20-22,24-27,29-30H,9-19H2,1-6H3/b8-7+/t20-,21-,22-,24?,25?,26+,27+,29-,30+,31+,32+,33+,34-,35-/m1/s1. The molecule has 0 N–H and O–H groups in total. The largest absolute Gasteiger partial charge is 0.456 e. The molecule has 49 heavy (non-hydrogen) atoms. The molecule has 276 valence electrons. The number of hydrogen-bond donors (Lipinski definition) is 0. The van der Waals surface area contributed by atoms with Crippen LogP contribution in [-0.2, 0) is 48.0 Å². The molecule has 13 heteroatoms. The number of alkyl halides is 3. The zero-order chi connectivity index (χ0) is 34.6. The van der Waals surface area contributed by atoms with Crippen LogP contribution in [0.5, 0.6) is 0 Å². The minimum atomic E-state index is -4.71. The summed E-state index contributed by atoms with van der Waals surface area (Å²) >= 11 is 0. The van der Waals surface area contributed by atoms with E-state index in [1.54, 1.807) is 19.1 Å². The maximum atomic E-state index is 14.5. The maximum absolute atomic E-state index is 14.5. The van der Waals surface area contributed by atoms with E-state index < -0.39 is 59.0 Å². The molecule has 0 amide bonds. The Morgan fingerprint density at radius 2 is 1.33 bits per heavy atom. The van der Waals surface area contributed by atoms with Crippen molar-refractivity contribution in [2.45, 2.75) is 140 Å². The van der Waals surface area contributed by atoms with Crippen molar-refractivity contribution in [1.29, 1.82) is 0 Å². The molecule has 10 nitrogen and oxygen atoms in total. The minimum absolute atomic E-state index is 0.0147. The molecule has 14 atom stereocenters. The molecule has 2 unspecified atom stereocenters. The van der Waals surface area contributed by atoms with E-state index in [2.05, 4.69) is 20.8 Å².